The van der Waals surface area contributed by atoms with E-state index in [9.17, 15) is 24.5 Å². The van der Waals surface area contributed by atoms with Gasteiger partial charge < -0.3 is 4.90 Å². The molecule has 8 nitrogen and oxygen atoms in total. The highest BCUT2D eigenvalue weighted by molar-refractivity contribution is 6.14. The second-order valence-corrected chi connectivity index (χ2v) is 9.11. The number of hydrogen-bond donors (Lipinski definition) is 0. The predicted molar refractivity (Wildman–Crippen MR) is 126 cm³/mol. The van der Waals surface area contributed by atoms with Crippen molar-refractivity contribution in [2.45, 2.75) is 38.8 Å². The molecule has 0 spiro atoms. The third-order valence-corrected chi connectivity index (χ3v) is 7.19. The number of rotatable bonds is 6. The van der Waals surface area contributed by atoms with Crippen LogP contribution < -0.4 is 4.90 Å². The molecular weight excluding hydrogens is 434 g/mol. The zero-order chi connectivity index (χ0) is 24.1. The summed E-state index contributed by atoms with van der Waals surface area (Å²) in [4.78, 5) is 54.9. The number of nitro benzene ring substituents is 1. The zero-order valence-electron chi connectivity index (χ0n) is 19.0. The molecule has 0 unspecified atom stereocenters. The Hall–Kier alpha value is -3.81. The summed E-state index contributed by atoms with van der Waals surface area (Å²) in [5, 5.41) is 11.3. The minimum Gasteiger partial charge on any atom is -0.352 e. The van der Waals surface area contributed by atoms with Gasteiger partial charge in [0.2, 0.25) is 11.8 Å². The van der Waals surface area contributed by atoms with E-state index in [0.717, 1.165) is 23.2 Å². The Bertz CT molecular complexity index is 1250. The average Bonchev–Trinajstić information content (AvgIpc) is 3.30. The number of Topliss-reactive ketones (excluding diaryl/α,β-unsaturated/α-hetero) is 1. The SMILES string of the molecule is CCCCN1C(=O)[C@@H]2[C@H](C1=O)[C@H](C(=O)c1cccc([N+](=O)[O-])c1)N1c3ccccc3C(C)=C[C@@H]21. The first-order chi connectivity index (χ1) is 16.3. The van der Waals surface area contributed by atoms with E-state index in [1.165, 1.54) is 29.2 Å². The molecule has 2 aromatic rings. The molecule has 3 aliphatic rings. The van der Waals surface area contributed by atoms with E-state index in [-0.39, 0.29) is 28.8 Å². The van der Waals surface area contributed by atoms with E-state index in [1.807, 2.05) is 49.1 Å². The number of hydrogen-bond acceptors (Lipinski definition) is 6. The Morgan fingerprint density at radius 3 is 2.53 bits per heavy atom. The fourth-order valence-electron chi connectivity index (χ4n) is 5.64. The van der Waals surface area contributed by atoms with Crippen LogP contribution in [0.5, 0.6) is 0 Å². The van der Waals surface area contributed by atoms with Gasteiger partial charge in [-0.05, 0) is 25.0 Å². The average molecular weight is 460 g/mol. The smallest absolute Gasteiger partial charge is 0.270 e. The first-order valence-corrected chi connectivity index (χ1v) is 11.5. The molecule has 174 valence electrons. The Labute approximate surface area is 197 Å². The van der Waals surface area contributed by atoms with E-state index in [0.29, 0.717) is 13.0 Å². The molecule has 0 saturated carbocycles. The van der Waals surface area contributed by atoms with E-state index in [1.54, 1.807) is 0 Å². The number of unbranched alkanes of at least 4 members (excludes halogenated alkanes) is 1. The fourth-order valence-corrected chi connectivity index (χ4v) is 5.64. The number of nitrogens with zero attached hydrogens (tertiary/aromatic N) is 3. The number of allylic oxidation sites excluding steroid dienone is 1. The molecule has 3 aliphatic heterocycles. The van der Waals surface area contributed by atoms with Gasteiger partial charge in [0.05, 0.1) is 22.8 Å². The Morgan fingerprint density at radius 1 is 1.06 bits per heavy atom. The van der Waals surface area contributed by atoms with Crippen molar-refractivity contribution in [3.8, 4) is 0 Å². The summed E-state index contributed by atoms with van der Waals surface area (Å²) in [7, 11) is 0. The van der Waals surface area contributed by atoms with Crippen LogP contribution >= 0.6 is 0 Å². The van der Waals surface area contributed by atoms with Gasteiger partial charge in [-0.3, -0.25) is 29.4 Å². The zero-order valence-corrected chi connectivity index (χ0v) is 19.0. The number of nitro groups is 1. The molecule has 0 aromatic heterocycles. The highest BCUT2D eigenvalue weighted by Crippen LogP contribution is 2.50. The lowest BCUT2D eigenvalue weighted by Gasteiger charge is -2.38. The standard InChI is InChI=1S/C26H25N3O5/c1-3-4-12-27-25(31)21-20-13-15(2)18-10-5-6-11-19(18)28(20)23(22(21)26(27)32)24(30)16-8-7-9-17(14-16)29(33)34/h5-11,13-14,20-23H,3-4,12H2,1-2H3/t20-,21-,22-,23+/m0/s1. The molecule has 2 aromatic carbocycles. The number of ketones is 1. The quantitative estimate of drug-likeness (QED) is 0.281. The third kappa shape index (κ3) is 3.16. The number of non-ortho nitro benzene ring substituents is 1. The molecule has 0 radical (unpaired) electrons. The minimum absolute atomic E-state index is 0.162. The van der Waals surface area contributed by atoms with Crippen molar-refractivity contribution in [1.29, 1.82) is 0 Å². The van der Waals surface area contributed by atoms with Gasteiger partial charge in [0.25, 0.3) is 5.69 Å². The fraction of sp³-hybridized carbons (Fsp3) is 0.346. The number of fused-ring (bicyclic) bond motifs is 5. The van der Waals surface area contributed by atoms with Crippen LogP contribution in [0.15, 0.2) is 54.6 Å². The number of carbonyl (C=O) groups excluding carboxylic acids is 3. The first kappa shape index (κ1) is 22.0. The van der Waals surface area contributed by atoms with Crippen LogP contribution in [-0.4, -0.2) is 46.0 Å². The lowest BCUT2D eigenvalue weighted by molar-refractivity contribution is -0.384. The van der Waals surface area contributed by atoms with E-state index >= 15 is 0 Å². The molecule has 2 amide bonds. The van der Waals surface area contributed by atoms with Crippen LogP contribution in [0.4, 0.5) is 11.4 Å². The largest absolute Gasteiger partial charge is 0.352 e. The van der Waals surface area contributed by atoms with Gasteiger partial charge in [-0.15, -0.1) is 0 Å². The van der Waals surface area contributed by atoms with E-state index in [2.05, 4.69) is 0 Å². The minimum atomic E-state index is -0.925. The van der Waals surface area contributed by atoms with Crippen molar-refractivity contribution in [2.75, 3.05) is 11.4 Å². The van der Waals surface area contributed by atoms with Gasteiger partial charge in [-0.25, -0.2) is 0 Å². The summed E-state index contributed by atoms with van der Waals surface area (Å²) in [5.41, 5.74) is 2.70. The Kier molecular flexibility index (Phi) is 5.31. The third-order valence-electron chi connectivity index (χ3n) is 7.19. The number of imide groups is 1. The summed E-state index contributed by atoms with van der Waals surface area (Å²) in [6.45, 7) is 4.30. The molecule has 3 heterocycles. The maximum atomic E-state index is 13.9. The van der Waals surface area contributed by atoms with E-state index < -0.39 is 28.8 Å². The monoisotopic (exact) mass is 459 g/mol. The van der Waals surface area contributed by atoms with Gasteiger partial charge in [0.1, 0.15) is 6.04 Å². The van der Waals surface area contributed by atoms with Crippen molar-refractivity contribution in [2.24, 2.45) is 11.8 Å². The van der Waals surface area contributed by atoms with Gasteiger partial charge in [-0.1, -0.05) is 49.8 Å². The second-order valence-electron chi connectivity index (χ2n) is 9.11. The number of para-hydroxylation sites is 1. The summed E-state index contributed by atoms with van der Waals surface area (Å²) < 4.78 is 0. The summed E-state index contributed by atoms with van der Waals surface area (Å²) in [6.07, 6.45) is 3.52. The maximum Gasteiger partial charge on any atom is 0.270 e. The summed E-state index contributed by atoms with van der Waals surface area (Å²) in [5.74, 6) is -2.46. The van der Waals surface area contributed by atoms with Gasteiger partial charge in [0.15, 0.2) is 5.78 Å². The normalized spacial score (nSPS) is 25.1. The Morgan fingerprint density at radius 2 is 1.79 bits per heavy atom. The van der Waals surface area contributed by atoms with Gasteiger partial charge in [0, 0.05) is 35.5 Å². The highest BCUT2D eigenvalue weighted by Gasteiger charge is 2.64. The maximum absolute atomic E-state index is 13.9. The van der Waals surface area contributed by atoms with Gasteiger partial charge in [-0.2, -0.15) is 0 Å². The molecule has 0 N–H and O–H groups in total. The predicted octanol–water partition coefficient (Wildman–Crippen LogP) is 3.85. The molecule has 2 fully saturated rings. The van der Waals surface area contributed by atoms with Gasteiger partial charge >= 0.3 is 0 Å². The lowest BCUT2D eigenvalue weighted by atomic mass is 9.85. The summed E-state index contributed by atoms with van der Waals surface area (Å²) in [6, 6.07) is 11.9. The van der Waals surface area contributed by atoms with E-state index in [4.69, 9.17) is 0 Å². The van der Waals surface area contributed by atoms with Crippen molar-refractivity contribution >= 4 is 34.5 Å². The molecule has 0 aliphatic carbocycles. The van der Waals surface area contributed by atoms with Crippen LogP contribution in [0.25, 0.3) is 5.57 Å². The molecular formula is C26H25N3O5. The van der Waals surface area contributed by atoms with Crippen molar-refractivity contribution in [1.82, 2.24) is 4.90 Å². The van der Waals surface area contributed by atoms with Crippen LogP contribution in [0.2, 0.25) is 0 Å². The van der Waals surface area contributed by atoms with Crippen LogP contribution in [0.1, 0.15) is 42.6 Å². The number of likely N-dealkylation sites (tertiary alicyclic amines) is 1. The first-order valence-electron chi connectivity index (χ1n) is 11.5. The lowest BCUT2D eigenvalue weighted by Crippen LogP contribution is -2.49. The molecule has 4 atom stereocenters. The number of carbonyl (C=O) groups is 3. The molecule has 2 saturated heterocycles. The Balaban J connectivity index is 1.65. The molecule has 34 heavy (non-hydrogen) atoms. The molecule has 5 rings (SSSR count). The number of benzene rings is 2. The molecule has 0 bridgehead atoms. The topological polar surface area (TPSA) is 101 Å². The number of amides is 2. The van der Waals surface area contributed by atoms with Crippen molar-refractivity contribution in [3.63, 3.8) is 0 Å². The highest BCUT2D eigenvalue weighted by atomic mass is 16.6. The second kappa shape index (κ2) is 8.20. The van der Waals surface area contributed by atoms with Crippen LogP contribution in [0.3, 0.4) is 0 Å². The van der Waals surface area contributed by atoms with Crippen molar-refractivity contribution in [3.05, 3.63) is 75.8 Å². The van der Waals surface area contributed by atoms with Crippen LogP contribution in [-0.2, 0) is 9.59 Å². The summed E-state index contributed by atoms with van der Waals surface area (Å²) >= 11 is 0. The number of anilines is 1. The van der Waals surface area contributed by atoms with Crippen molar-refractivity contribution < 1.29 is 19.3 Å². The molecule has 8 heteroatoms. The van der Waals surface area contributed by atoms with Crippen LogP contribution in [0, 0.1) is 22.0 Å².